The lowest BCUT2D eigenvalue weighted by atomic mass is 9.87. The molecule has 0 fully saturated rings. The topological polar surface area (TPSA) is 95.4 Å². The van der Waals surface area contributed by atoms with Gasteiger partial charge in [-0.3, -0.25) is 4.79 Å². The van der Waals surface area contributed by atoms with Crippen LogP contribution in [-0.4, -0.2) is 39.0 Å². The third kappa shape index (κ3) is 5.13. The monoisotopic (exact) mass is 447 g/mol. The van der Waals surface area contributed by atoms with Gasteiger partial charge in [-0.2, -0.15) is 10.1 Å². The van der Waals surface area contributed by atoms with Gasteiger partial charge in [-0.15, -0.1) is 0 Å². The molecule has 0 saturated heterocycles. The van der Waals surface area contributed by atoms with E-state index in [2.05, 4.69) is 21.6 Å². The Labute approximate surface area is 183 Å². The van der Waals surface area contributed by atoms with Crippen molar-refractivity contribution in [3.8, 4) is 5.75 Å². The predicted molar refractivity (Wildman–Crippen MR) is 112 cm³/mol. The van der Waals surface area contributed by atoms with E-state index >= 15 is 0 Å². The van der Waals surface area contributed by atoms with E-state index in [-0.39, 0.29) is 30.2 Å². The number of nitrogens with zero attached hydrogens (tertiary/aromatic N) is 4. The molecule has 1 unspecified atom stereocenters. The molecule has 0 aliphatic heterocycles. The fourth-order valence-corrected chi connectivity index (χ4v) is 3.53. The zero-order valence-electron chi connectivity index (χ0n) is 17.6. The number of ketones is 1. The molecule has 0 radical (unpaired) electrons. The summed E-state index contributed by atoms with van der Waals surface area (Å²) >= 11 is 0. The molecule has 0 aliphatic carbocycles. The predicted octanol–water partition coefficient (Wildman–Crippen LogP) is 4.25. The third-order valence-corrected chi connectivity index (χ3v) is 5.21. The number of rotatable bonds is 11. The van der Waals surface area contributed by atoms with Gasteiger partial charge in [-0.05, 0) is 50.1 Å². The molecule has 3 rings (SSSR count). The molecule has 0 saturated carbocycles. The van der Waals surface area contributed by atoms with Crippen molar-refractivity contribution in [1.29, 1.82) is 0 Å². The summed E-state index contributed by atoms with van der Waals surface area (Å²) in [6, 6.07) is 5.17. The molecular formula is C22H24F3N5O2. The molecule has 2 aromatic heterocycles. The molecule has 1 atom stereocenters. The molecule has 2 heterocycles. The van der Waals surface area contributed by atoms with E-state index in [4.69, 9.17) is 10.5 Å². The van der Waals surface area contributed by atoms with Gasteiger partial charge in [0, 0.05) is 17.9 Å². The van der Waals surface area contributed by atoms with Gasteiger partial charge in [0.05, 0.1) is 12.8 Å². The Morgan fingerprint density at radius 3 is 2.75 bits per heavy atom. The molecule has 32 heavy (non-hydrogen) atoms. The van der Waals surface area contributed by atoms with Crippen molar-refractivity contribution >= 4 is 11.6 Å². The Bertz CT molecular complexity index is 1120. The Hall–Kier alpha value is -3.27. The number of allylic oxidation sites excluding steroid dienone is 1. The zero-order valence-corrected chi connectivity index (χ0v) is 17.6. The van der Waals surface area contributed by atoms with Crippen molar-refractivity contribution in [3.05, 3.63) is 65.5 Å². The minimum atomic E-state index is -2.79. The van der Waals surface area contributed by atoms with E-state index in [1.807, 2.05) is 0 Å². The number of hydrogen-bond acceptors (Lipinski definition) is 6. The summed E-state index contributed by atoms with van der Waals surface area (Å²) < 4.78 is 46.9. The van der Waals surface area contributed by atoms with Gasteiger partial charge in [-0.25, -0.2) is 22.7 Å². The highest BCUT2D eigenvalue weighted by Crippen LogP contribution is 2.33. The standard InChI is InChI=1S/C22H24F3N5O2/c1-13(4-3-9-26)15(6-8-19(31)14-5-7-16(23)20(10-14)32-2)18-11-17(21(24)25)29-22-27-12-28-30(18)22/h5,7,10-12,15,21H,1,3-4,6,8-9,26H2,2H3. The Morgan fingerprint density at radius 2 is 2.06 bits per heavy atom. The van der Waals surface area contributed by atoms with Crippen LogP contribution in [0.5, 0.6) is 5.75 Å². The van der Waals surface area contributed by atoms with Crippen molar-refractivity contribution in [2.45, 2.75) is 38.0 Å². The van der Waals surface area contributed by atoms with E-state index in [9.17, 15) is 18.0 Å². The fraction of sp³-hybridized carbons (Fsp3) is 0.364. The van der Waals surface area contributed by atoms with Crippen LogP contribution < -0.4 is 10.5 Å². The SMILES string of the molecule is C=C(CCCN)C(CCC(=O)c1ccc(F)c(OC)c1)c1cc(C(F)F)nc2ncnn12. The van der Waals surface area contributed by atoms with Crippen LogP contribution in [0.1, 0.15) is 59.8 Å². The van der Waals surface area contributed by atoms with Crippen LogP contribution in [-0.2, 0) is 0 Å². The summed E-state index contributed by atoms with van der Waals surface area (Å²) in [5.41, 5.74) is 6.65. The molecule has 10 heteroatoms. The van der Waals surface area contributed by atoms with E-state index in [1.165, 1.54) is 42.2 Å². The fourth-order valence-electron chi connectivity index (χ4n) is 3.53. The number of carbonyl (C=O) groups excluding carboxylic acids is 1. The van der Waals surface area contributed by atoms with E-state index in [0.29, 0.717) is 30.6 Å². The van der Waals surface area contributed by atoms with Crippen molar-refractivity contribution in [3.63, 3.8) is 0 Å². The van der Waals surface area contributed by atoms with Gasteiger partial charge in [0.1, 0.15) is 12.0 Å². The molecule has 0 aliphatic rings. The number of halogens is 3. The number of aromatic nitrogens is 4. The minimum absolute atomic E-state index is 0.0280. The molecule has 3 aromatic rings. The summed E-state index contributed by atoms with van der Waals surface area (Å²) in [6.07, 6.45) is 0.0134. The van der Waals surface area contributed by atoms with Gasteiger partial charge in [0.25, 0.3) is 12.2 Å². The molecule has 7 nitrogen and oxygen atoms in total. The summed E-state index contributed by atoms with van der Waals surface area (Å²) in [5.74, 6) is -1.25. The van der Waals surface area contributed by atoms with Crippen molar-refractivity contribution in [2.24, 2.45) is 5.73 Å². The first-order valence-electron chi connectivity index (χ1n) is 10.1. The second-order valence-corrected chi connectivity index (χ2v) is 7.29. The van der Waals surface area contributed by atoms with Crippen LogP contribution in [0.15, 0.2) is 42.7 Å². The highest BCUT2D eigenvalue weighted by Gasteiger charge is 2.24. The van der Waals surface area contributed by atoms with Crippen molar-refractivity contribution < 1.29 is 22.7 Å². The summed E-state index contributed by atoms with van der Waals surface area (Å²) in [6.45, 7) is 4.56. The molecule has 1 aromatic carbocycles. The normalized spacial score (nSPS) is 12.3. The first kappa shape index (κ1) is 23.4. The van der Waals surface area contributed by atoms with Crippen LogP contribution in [0, 0.1) is 5.82 Å². The van der Waals surface area contributed by atoms with E-state index in [0.717, 1.165) is 5.57 Å². The second-order valence-electron chi connectivity index (χ2n) is 7.29. The van der Waals surface area contributed by atoms with Crippen molar-refractivity contribution in [2.75, 3.05) is 13.7 Å². The highest BCUT2D eigenvalue weighted by molar-refractivity contribution is 5.96. The van der Waals surface area contributed by atoms with Gasteiger partial charge < -0.3 is 10.5 Å². The number of nitrogens with two attached hydrogens (primary N) is 1. The first-order valence-corrected chi connectivity index (χ1v) is 10.1. The van der Waals surface area contributed by atoms with Gasteiger partial charge in [-0.1, -0.05) is 12.2 Å². The van der Waals surface area contributed by atoms with Gasteiger partial charge in [0.15, 0.2) is 17.3 Å². The van der Waals surface area contributed by atoms with Gasteiger partial charge in [0.2, 0.25) is 0 Å². The summed E-state index contributed by atoms with van der Waals surface area (Å²) in [4.78, 5) is 20.6. The Morgan fingerprint density at radius 1 is 1.28 bits per heavy atom. The number of Topliss-reactive ketones (excluding diaryl/α,β-unsaturated/α-hetero) is 1. The van der Waals surface area contributed by atoms with Crippen LogP contribution in [0.3, 0.4) is 0 Å². The van der Waals surface area contributed by atoms with E-state index < -0.39 is 23.9 Å². The molecule has 0 bridgehead atoms. The maximum Gasteiger partial charge on any atom is 0.280 e. The number of hydrogen-bond donors (Lipinski definition) is 1. The lowest BCUT2D eigenvalue weighted by Gasteiger charge is -2.21. The van der Waals surface area contributed by atoms with Crippen LogP contribution in [0.25, 0.3) is 5.78 Å². The minimum Gasteiger partial charge on any atom is -0.494 e. The van der Waals surface area contributed by atoms with Gasteiger partial charge >= 0.3 is 0 Å². The number of fused-ring (bicyclic) bond motifs is 1. The van der Waals surface area contributed by atoms with Crippen LogP contribution >= 0.6 is 0 Å². The molecule has 2 N–H and O–H groups in total. The number of carbonyl (C=O) groups is 1. The average molecular weight is 447 g/mol. The van der Waals surface area contributed by atoms with Crippen molar-refractivity contribution in [1.82, 2.24) is 19.6 Å². The maximum absolute atomic E-state index is 13.7. The summed E-state index contributed by atoms with van der Waals surface area (Å²) in [5, 5.41) is 4.11. The largest absolute Gasteiger partial charge is 0.494 e. The third-order valence-electron chi connectivity index (χ3n) is 5.21. The zero-order chi connectivity index (χ0) is 23.3. The van der Waals surface area contributed by atoms with Crippen LogP contribution in [0.4, 0.5) is 13.2 Å². The number of ether oxygens (including phenoxy) is 1. The first-order chi connectivity index (χ1) is 15.3. The molecule has 170 valence electrons. The second kappa shape index (κ2) is 10.4. The lowest BCUT2D eigenvalue weighted by molar-refractivity contribution is 0.0977. The molecular weight excluding hydrogens is 423 g/mol. The molecule has 0 amide bonds. The Kier molecular flexibility index (Phi) is 7.57. The summed E-state index contributed by atoms with van der Waals surface area (Å²) in [7, 11) is 1.32. The Balaban J connectivity index is 1.92. The van der Waals surface area contributed by atoms with Crippen LogP contribution in [0.2, 0.25) is 0 Å². The average Bonchev–Trinajstić information content (AvgIpc) is 3.26. The van der Waals surface area contributed by atoms with E-state index in [1.54, 1.807) is 0 Å². The lowest BCUT2D eigenvalue weighted by Crippen LogP contribution is -2.14. The maximum atomic E-state index is 13.7. The number of benzene rings is 1. The number of alkyl halides is 2. The highest BCUT2D eigenvalue weighted by atomic mass is 19.3. The smallest absolute Gasteiger partial charge is 0.280 e. The molecule has 0 spiro atoms. The quantitative estimate of drug-likeness (QED) is 0.349. The number of methoxy groups -OCH3 is 1.